The van der Waals surface area contributed by atoms with Crippen molar-refractivity contribution in [2.45, 2.75) is 72.3 Å². The van der Waals surface area contributed by atoms with E-state index in [0.717, 1.165) is 92.6 Å². The Morgan fingerprint density at radius 2 is 1.56 bits per heavy atom. The zero-order valence-corrected chi connectivity index (χ0v) is 27.1. The van der Waals surface area contributed by atoms with Crippen molar-refractivity contribution in [2.75, 3.05) is 37.6 Å². The quantitative estimate of drug-likeness (QED) is 0.232. The van der Waals surface area contributed by atoms with E-state index in [9.17, 15) is 14.4 Å². The molecule has 1 aliphatic heterocycles. The van der Waals surface area contributed by atoms with Crippen molar-refractivity contribution >= 4 is 17.8 Å². The summed E-state index contributed by atoms with van der Waals surface area (Å²) in [6.07, 6.45) is 7.11. The molecule has 45 heavy (non-hydrogen) atoms. The first-order chi connectivity index (χ1) is 21.4. The number of aromatic nitrogens is 4. The predicted molar refractivity (Wildman–Crippen MR) is 176 cm³/mol. The molecule has 0 saturated carbocycles. The lowest BCUT2D eigenvalue weighted by Gasteiger charge is -2.36. The van der Waals surface area contributed by atoms with Crippen LogP contribution >= 0.6 is 0 Å². The van der Waals surface area contributed by atoms with E-state index in [1.165, 1.54) is 0 Å². The standard InChI is InChI=1S/C30H42N6O.C4H4O4/c1-6-11-24-22-27(33-28(31-24)30(3,4)5)35-20-18-34(19-21-35)15-9-10-16-36-17-14-26(32-29(36)37)25-13-8-7-12-23(25)2;5-3(6)1-2-4(7)8/h7-8,12-14,17,22H,6,9-11,15-16,18-21H2,1-5H3;1-2H,(H,5,6)(H,7,8). The molecule has 0 unspecified atom stereocenters. The van der Waals surface area contributed by atoms with Crippen molar-refractivity contribution in [1.29, 1.82) is 0 Å². The van der Waals surface area contributed by atoms with E-state index in [1.54, 1.807) is 4.57 Å². The molecule has 0 radical (unpaired) electrons. The number of anilines is 1. The van der Waals surface area contributed by atoms with Gasteiger partial charge in [0.1, 0.15) is 11.6 Å². The number of aliphatic carboxylic acids is 2. The van der Waals surface area contributed by atoms with E-state index in [-0.39, 0.29) is 11.1 Å². The molecule has 11 nitrogen and oxygen atoms in total. The van der Waals surface area contributed by atoms with Crippen molar-refractivity contribution in [2.24, 2.45) is 0 Å². The molecular weight excluding hydrogens is 572 g/mol. The van der Waals surface area contributed by atoms with Gasteiger partial charge in [-0.05, 0) is 44.4 Å². The van der Waals surface area contributed by atoms with Crippen LogP contribution in [0.1, 0.15) is 64.0 Å². The number of carboxylic acid groups (broad SMARTS) is 2. The molecule has 0 spiro atoms. The molecule has 0 amide bonds. The van der Waals surface area contributed by atoms with E-state index in [0.29, 0.717) is 18.7 Å². The summed E-state index contributed by atoms with van der Waals surface area (Å²) in [5.41, 5.74) is 3.82. The number of rotatable bonds is 11. The van der Waals surface area contributed by atoms with Crippen LogP contribution in [0.5, 0.6) is 0 Å². The summed E-state index contributed by atoms with van der Waals surface area (Å²) in [4.78, 5) is 50.7. The van der Waals surface area contributed by atoms with Crippen LogP contribution in [0, 0.1) is 6.92 Å². The van der Waals surface area contributed by atoms with Crippen molar-refractivity contribution < 1.29 is 19.8 Å². The lowest BCUT2D eigenvalue weighted by atomic mass is 9.95. The van der Waals surface area contributed by atoms with Crippen molar-refractivity contribution in [1.82, 2.24) is 24.4 Å². The number of benzene rings is 1. The van der Waals surface area contributed by atoms with Gasteiger partial charge in [-0.3, -0.25) is 9.47 Å². The Balaban J connectivity index is 0.000000610. The largest absolute Gasteiger partial charge is 0.478 e. The van der Waals surface area contributed by atoms with Crippen LogP contribution < -0.4 is 10.6 Å². The van der Waals surface area contributed by atoms with Gasteiger partial charge in [-0.2, -0.15) is 4.98 Å². The number of unbranched alkanes of at least 4 members (excludes halogenated alkanes) is 1. The number of carbonyl (C=O) groups is 2. The number of hydrogen-bond acceptors (Lipinski definition) is 8. The van der Waals surface area contributed by atoms with Gasteiger partial charge in [-0.15, -0.1) is 0 Å². The maximum absolute atomic E-state index is 12.6. The van der Waals surface area contributed by atoms with Crippen LogP contribution in [0.15, 0.2) is 59.5 Å². The SMILES string of the molecule is CCCc1cc(N2CCN(CCCCn3ccc(-c4ccccc4C)nc3=O)CC2)nc(C(C)(C)C)n1.O=C(O)C=CC(=O)O. The Labute approximate surface area is 265 Å². The van der Waals surface area contributed by atoms with Crippen LogP contribution in [-0.2, 0) is 28.0 Å². The van der Waals surface area contributed by atoms with Gasteiger partial charge >= 0.3 is 17.6 Å². The van der Waals surface area contributed by atoms with E-state index in [1.807, 2.05) is 43.5 Å². The molecule has 2 aromatic heterocycles. The summed E-state index contributed by atoms with van der Waals surface area (Å²) in [5.74, 6) is -0.503. The zero-order chi connectivity index (χ0) is 33.0. The molecule has 3 aromatic rings. The fourth-order valence-electron chi connectivity index (χ4n) is 4.93. The third-order valence-corrected chi connectivity index (χ3v) is 7.43. The van der Waals surface area contributed by atoms with Crippen LogP contribution in [0.3, 0.4) is 0 Å². The normalized spacial score (nSPS) is 13.8. The second-order valence-electron chi connectivity index (χ2n) is 12.2. The second-order valence-corrected chi connectivity index (χ2v) is 12.2. The third-order valence-electron chi connectivity index (χ3n) is 7.43. The van der Waals surface area contributed by atoms with Gasteiger partial charge in [0.25, 0.3) is 0 Å². The molecule has 2 N–H and O–H groups in total. The first-order valence-electron chi connectivity index (χ1n) is 15.5. The average Bonchev–Trinajstić information content (AvgIpc) is 2.99. The lowest BCUT2D eigenvalue weighted by molar-refractivity contribution is -0.134. The number of hydrogen-bond donors (Lipinski definition) is 2. The summed E-state index contributed by atoms with van der Waals surface area (Å²) in [6, 6.07) is 12.2. The molecule has 242 valence electrons. The molecule has 4 rings (SSSR count). The highest BCUT2D eigenvalue weighted by atomic mass is 16.4. The minimum atomic E-state index is -1.26. The second kappa shape index (κ2) is 16.6. The van der Waals surface area contributed by atoms with E-state index in [2.05, 4.69) is 48.5 Å². The fourth-order valence-corrected chi connectivity index (χ4v) is 4.93. The first-order valence-corrected chi connectivity index (χ1v) is 15.5. The fraction of sp³-hybridized carbons (Fsp3) is 0.471. The Bertz CT molecular complexity index is 1500. The van der Waals surface area contributed by atoms with Crippen molar-refractivity contribution in [3.05, 3.63) is 82.3 Å². The first kappa shape index (κ1) is 35.1. The topological polar surface area (TPSA) is 142 Å². The van der Waals surface area contributed by atoms with Gasteiger partial charge in [0.2, 0.25) is 0 Å². The Hall–Kier alpha value is -4.38. The van der Waals surface area contributed by atoms with Gasteiger partial charge in [-0.1, -0.05) is 58.4 Å². The Kier molecular flexibility index (Phi) is 13.0. The highest BCUT2D eigenvalue weighted by Gasteiger charge is 2.23. The summed E-state index contributed by atoms with van der Waals surface area (Å²) >= 11 is 0. The minimum absolute atomic E-state index is 0.0569. The maximum atomic E-state index is 12.6. The van der Waals surface area contributed by atoms with Crippen LogP contribution in [-0.4, -0.2) is 79.3 Å². The van der Waals surface area contributed by atoms with E-state index < -0.39 is 11.9 Å². The zero-order valence-electron chi connectivity index (χ0n) is 27.1. The Morgan fingerprint density at radius 1 is 0.911 bits per heavy atom. The predicted octanol–water partition coefficient (Wildman–Crippen LogP) is 4.57. The molecule has 1 fully saturated rings. The molecule has 1 aliphatic rings. The maximum Gasteiger partial charge on any atom is 0.348 e. The molecular formula is C34H46N6O5. The number of aryl methyl sites for hydroxylation is 3. The van der Waals surface area contributed by atoms with Crippen molar-refractivity contribution in [3.63, 3.8) is 0 Å². The molecule has 11 heteroatoms. The van der Waals surface area contributed by atoms with Gasteiger partial charge in [0.05, 0.1) is 5.69 Å². The molecule has 1 saturated heterocycles. The molecule has 0 aliphatic carbocycles. The lowest BCUT2D eigenvalue weighted by Crippen LogP contribution is -2.47. The van der Waals surface area contributed by atoms with Gasteiger partial charge in [-0.25, -0.2) is 24.4 Å². The summed E-state index contributed by atoms with van der Waals surface area (Å²) in [7, 11) is 0. The van der Waals surface area contributed by atoms with Crippen LogP contribution in [0.2, 0.25) is 0 Å². The van der Waals surface area contributed by atoms with E-state index in [4.69, 9.17) is 20.2 Å². The highest BCUT2D eigenvalue weighted by Crippen LogP contribution is 2.24. The molecule has 0 atom stereocenters. The monoisotopic (exact) mass is 618 g/mol. The van der Waals surface area contributed by atoms with Gasteiger partial charge < -0.3 is 15.1 Å². The van der Waals surface area contributed by atoms with Crippen LogP contribution in [0.4, 0.5) is 5.82 Å². The summed E-state index contributed by atoms with van der Waals surface area (Å²) in [5, 5.41) is 15.6. The molecule has 3 heterocycles. The molecule has 0 bridgehead atoms. The molecule has 1 aromatic carbocycles. The average molecular weight is 619 g/mol. The number of nitrogens with zero attached hydrogens (tertiary/aromatic N) is 6. The number of carboxylic acids is 2. The smallest absolute Gasteiger partial charge is 0.348 e. The highest BCUT2D eigenvalue weighted by molar-refractivity contribution is 5.89. The number of piperazine rings is 1. The minimum Gasteiger partial charge on any atom is -0.478 e. The summed E-state index contributed by atoms with van der Waals surface area (Å²) in [6.45, 7) is 16.6. The third kappa shape index (κ3) is 11.2. The van der Waals surface area contributed by atoms with Gasteiger partial charge in [0.15, 0.2) is 0 Å². The Morgan fingerprint density at radius 3 is 2.13 bits per heavy atom. The van der Waals surface area contributed by atoms with Gasteiger partial charge in [0, 0.05) is 73.8 Å². The van der Waals surface area contributed by atoms with Crippen LogP contribution in [0.25, 0.3) is 11.3 Å². The van der Waals surface area contributed by atoms with E-state index >= 15 is 0 Å². The summed E-state index contributed by atoms with van der Waals surface area (Å²) < 4.78 is 1.73. The van der Waals surface area contributed by atoms with Crippen molar-refractivity contribution in [3.8, 4) is 11.3 Å².